The van der Waals surface area contributed by atoms with Crippen molar-refractivity contribution in [1.29, 1.82) is 0 Å². The lowest BCUT2D eigenvalue weighted by molar-refractivity contribution is -0.134. The Balaban J connectivity index is 0.000000440. The second-order valence-corrected chi connectivity index (χ2v) is 9.89. The fourth-order valence-electron chi connectivity index (χ4n) is 2.72. The summed E-state index contributed by atoms with van der Waals surface area (Å²) in [5.41, 5.74) is 0.926. The van der Waals surface area contributed by atoms with Gasteiger partial charge in [0.15, 0.2) is 0 Å². The standard InChI is InChI=1S/C18H17FN2O3S2.C4H4O4/c1-20-10-13-9-16(15-6-3-7-21-17(15)19)18(25-13)26(23,24)14-5-2-4-12(8-14)11-22;5-3(6)1-2-4(7)8/h2-9,20,22H,10-11H2,1H3;1-2H,(H,5,6)(H,7,8). The average molecular weight is 509 g/mol. The topological polar surface area (TPSA) is 154 Å². The van der Waals surface area contributed by atoms with Gasteiger partial charge in [-0.25, -0.2) is 23.0 Å². The van der Waals surface area contributed by atoms with E-state index in [2.05, 4.69) is 10.3 Å². The predicted octanol–water partition coefficient (Wildman–Crippen LogP) is 2.71. The second-order valence-electron chi connectivity index (χ2n) is 6.60. The van der Waals surface area contributed by atoms with Gasteiger partial charge in [-0.1, -0.05) is 12.1 Å². The van der Waals surface area contributed by atoms with Crippen LogP contribution in [0.25, 0.3) is 11.1 Å². The van der Waals surface area contributed by atoms with E-state index in [1.54, 1.807) is 31.3 Å². The van der Waals surface area contributed by atoms with E-state index in [9.17, 15) is 27.5 Å². The number of thiophene rings is 1. The minimum absolute atomic E-state index is 0.0599. The van der Waals surface area contributed by atoms with Gasteiger partial charge in [0, 0.05) is 40.9 Å². The van der Waals surface area contributed by atoms with Gasteiger partial charge in [0.05, 0.1) is 11.5 Å². The number of aliphatic hydroxyl groups excluding tert-OH is 1. The first-order chi connectivity index (χ1) is 16.1. The highest BCUT2D eigenvalue weighted by Crippen LogP contribution is 2.39. The third-order valence-corrected chi connectivity index (χ3v) is 7.57. The molecule has 0 saturated carbocycles. The van der Waals surface area contributed by atoms with Crippen LogP contribution < -0.4 is 5.32 Å². The Labute approximate surface area is 198 Å². The van der Waals surface area contributed by atoms with Crippen molar-refractivity contribution in [3.8, 4) is 11.1 Å². The number of aromatic nitrogens is 1. The largest absolute Gasteiger partial charge is 0.478 e. The second kappa shape index (κ2) is 12.1. The van der Waals surface area contributed by atoms with Gasteiger partial charge in [0.1, 0.15) is 4.21 Å². The molecule has 0 unspecified atom stereocenters. The van der Waals surface area contributed by atoms with Gasteiger partial charge in [0.2, 0.25) is 15.8 Å². The van der Waals surface area contributed by atoms with Crippen molar-refractivity contribution >= 4 is 33.1 Å². The lowest BCUT2D eigenvalue weighted by Gasteiger charge is -2.07. The molecule has 3 aromatic rings. The Kier molecular flexibility index (Phi) is 9.57. The molecule has 34 heavy (non-hydrogen) atoms. The van der Waals surface area contributed by atoms with E-state index in [1.807, 2.05) is 0 Å². The van der Waals surface area contributed by atoms with Crippen LogP contribution in [0.2, 0.25) is 0 Å². The lowest BCUT2D eigenvalue weighted by atomic mass is 10.1. The number of nitrogens with one attached hydrogen (secondary N) is 1. The van der Waals surface area contributed by atoms with Gasteiger partial charge in [-0.3, -0.25) is 0 Å². The first-order valence-corrected chi connectivity index (χ1v) is 11.9. The summed E-state index contributed by atoms with van der Waals surface area (Å²) >= 11 is 1.10. The van der Waals surface area contributed by atoms with Gasteiger partial charge in [-0.05, 0) is 42.9 Å². The summed E-state index contributed by atoms with van der Waals surface area (Å²) < 4.78 is 40.7. The van der Waals surface area contributed by atoms with E-state index >= 15 is 0 Å². The SMILES string of the molecule is CNCc1cc(-c2cccnc2F)c(S(=O)(=O)c2cccc(CO)c2)s1.O=C(O)C=CC(=O)O. The number of pyridine rings is 1. The number of sulfone groups is 1. The molecule has 1 aromatic carbocycles. The molecule has 0 radical (unpaired) electrons. The van der Waals surface area contributed by atoms with Gasteiger partial charge >= 0.3 is 11.9 Å². The molecule has 0 aliphatic carbocycles. The van der Waals surface area contributed by atoms with Crippen molar-refractivity contribution < 1.29 is 37.7 Å². The molecule has 0 aliphatic heterocycles. The Morgan fingerprint density at radius 3 is 2.32 bits per heavy atom. The molecular formula is C22H21FN2O7S2. The molecule has 0 amide bonds. The highest BCUT2D eigenvalue weighted by atomic mass is 32.2. The molecule has 180 valence electrons. The normalized spacial score (nSPS) is 11.1. The number of hydrogen-bond donors (Lipinski definition) is 4. The molecule has 4 N–H and O–H groups in total. The molecule has 2 heterocycles. The van der Waals surface area contributed by atoms with Crippen molar-refractivity contribution in [2.45, 2.75) is 22.3 Å². The maximum absolute atomic E-state index is 14.2. The van der Waals surface area contributed by atoms with Crippen LogP contribution in [0, 0.1) is 5.95 Å². The minimum Gasteiger partial charge on any atom is -0.478 e. The van der Waals surface area contributed by atoms with Crippen molar-refractivity contribution in [2.75, 3.05) is 7.05 Å². The summed E-state index contributed by atoms with van der Waals surface area (Å²) in [7, 11) is -2.13. The fraction of sp³-hybridized carbons (Fsp3) is 0.136. The Morgan fingerprint density at radius 1 is 1.09 bits per heavy atom. The van der Waals surface area contributed by atoms with Gasteiger partial charge in [0.25, 0.3) is 0 Å². The van der Waals surface area contributed by atoms with Crippen LogP contribution in [0.5, 0.6) is 0 Å². The van der Waals surface area contributed by atoms with Crippen molar-refractivity contribution in [3.05, 3.63) is 77.2 Å². The Hall–Kier alpha value is -3.45. The van der Waals surface area contributed by atoms with E-state index in [4.69, 9.17) is 10.2 Å². The summed E-state index contributed by atoms with van der Waals surface area (Å²) in [6, 6.07) is 10.9. The van der Waals surface area contributed by atoms with E-state index in [0.29, 0.717) is 29.8 Å². The molecular weight excluding hydrogens is 487 g/mol. The molecule has 9 nitrogen and oxygen atoms in total. The molecule has 0 aliphatic rings. The summed E-state index contributed by atoms with van der Waals surface area (Å²) in [5, 5.41) is 27.9. The zero-order valence-electron chi connectivity index (χ0n) is 17.8. The van der Waals surface area contributed by atoms with Crippen LogP contribution in [0.1, 0.15) is 10.4 Å². The van der Waals surface area contributed by atoms with Gasteiger partial charge < -0.3 is 20.6 Å². The molecule has 3 rings (SSSR count). The molecule has 0 spiro atoms. The van der Waals surface area contributed by atoms with E-state index < -0.39 is 27.7 Å². The molecule has 0 fully saturated rings. The number of rotatable bonds is 8. The highest BCUT2D eigenvalue weighted by Gasteiger charge is 2.27. The number of nitrogens with zero attached hydrogens (tertiary/aromatic N) is 1. The number of carbonyl (C=O) groups is 2. The summed E-state index contributed by atoms with van der Waals surface area (Å²) in [4.78, 5) is 23.6. The van der Waals surface area contributed by atoms with Gasteiger partial charge in [-0.15, -0.1) is 11.3 Å². The van der Waals surface area contributed by atoms with E-state index in [0.717, 1.165) is 16.2 Å². The maximum atomic E-state index is 14.2. The van der Waals surface area contributed by atoms with Crippen molar-refractivity contribution in [3.63, 3.8) is 0 Å². The third kappa shape index (κ3) is 7.02. The quantitative estimate of drug-likeness (QED) is 0.266. The lowest BCUT2D eigenvalue weighted by Crippen LogP contribution is -2.03. The molecule has 0 saturated heterocycles. The Bertz CT molecular complexity index is 1290. The first kappa shape index (κ1) is 26.8. The van der Waals surface area contributed by atoms with Crippen molar-refractivity contribution in [1.82, 2.24) is 10.3 Å². The van der Waals surface area contributed by atoms with Crippen LogP contribution in [0.15, 0.2) is 69.9 Å². The molecule has 2 aromatic heterocycles. The highest BCUT2D eigenvalue weighted by molar-refractivity contribution is 7.93. The van der Waals surface area contributed by atoms with E-state index in [1.165, 1.54) is 24.4 Å². The number of aliphatic hydroxyl groups is 1. The predicted molar refractivity (Wildman–Crippen MR) is 122 cm³/mol. The van der Waals surface area contributed by atoms with Crippen LogP contribution in [-0.4, -0.2) is 47.7 Å². The van der Waals surface area contributed by atoms with Crippen molar-refractivity contribution in [2.24, 2.45) is 0 Å². The molecule has 0 atom stereocenters. The number of benzene rings is 1. The first-order valence-electron chi connectivity index (χ1n) is 9.57. The maximum Gasteiger partial charge on any atom is 0.328 e. The summed E-state index contributed by atoms with van der Waals surface area (Å²) in [5.74, 6) is -3.23. The van der Waals surface area contributed by atoms with Crippen LogP contribution >= 0.6 is 11.3 Å². The Morgan fingerprint density at radius 2 is 1.76 bits per heavy atom. The monoisotopic (exact) mass is 508 g/mol. The van der Waals surface area contributed by atoms with Gasteiger partial charge in [-0.2, -0.15) is 4.39 Å². The number of aliphatic carboxylic acids is 2. The minimum atomic E-state index is -3.88. The van der Waals surface area contributed by atoms with Crippen LogP contribution in [0.3, 0.4) is 0 Å². The zero-order valence-corrected chi connectivity index (χ0v) is 19.4. The summed E-state index contributed by atoms with van der Waals surface area (Å²) in [6.07, 6.45) is 2.43. The smallest absolute Gasteiger partial charge is 0.328 e. The number of carboxylic acid groups (broad SMARTS) is 2. The zero-order chi connectivity index (χ0) is 25.3. The van der Waals surface area contributed by atoms with Crippen LogP contribution in [-0.2, 0) is 32.6 Å². The number of hydrogen-bond acceptors (Lipinski definition) is 8. The molecule has 0 bridgehead atoms. The summed E-state index contributed by atoms with van der Waals surface area (Å²) in [6.45, 7) is 0.203. The average Bonchev–Trinajstić information content (AvgIpc) is 3.23. The number of carboxylic acids is 2. The third-order valence-electron chi connectivity index (χ3n) is 4.15. The van der Waals surface area contributed by atoms with E-state index in [-0.39, 0.29) is 21.3 Å². The van der Waals surface area contributed by atoms with Crippen LogP contribution in [0.4, 0.5) is 4.39 Å². The number of halogens is 1. The molecule has 12 heteroatoms. The fourth-order valence-corrected chi connectivity index (χ4v) is 5.92.